The molecule has 0 aliphatic heterocycles. The van der Waals surface area contributed by atoms with Crippen molar-refractivity contribution in [2.75, 3.05) is 5.32 Å². The Balaban J connectivity index is 1.83. The summed E-state index contributed by atoms with van der Waals surface area (Å²) in [5, 5.41) is 8.75. The molecule has 4 rings (SSSR count). The van der Waals surface area contributed by atoms with E-state index in [4.69, 9.17) is 16.7 Å². The van der Waals surface area contributed by atoms with E-state index < -0.39 is 0 Å². The summed E-state index contributed by atoms with van der Waals surface area (Å²) in [5.74, 6) is 0.779. The van der Waals surface area contributed by atoms with Crippen molar-refractivity contribution in [2.24, 2.45) is 0 Å². The van der Waals surface area contributed by atoms with Crippen LogP contribution < -0.4 is 5.32 Å². The number of para-hydroxylation sites is 1. The molecule has 126 valence electrons. The minimum atomic E-state index is 0.151. The maximum absolute atomic E-state index is 12.6. The van der Waals surface area contributed by atoms with Gasteiger partial charge in [-0.3, -0.25) is 4.79 Å². The van der Waals surface area contributed by atoms with E-state index in [1.54, 1.807) is 0 Å². The van der Waals surface area contributed by atoms with Gasteiger partial charge in [-0.2, -0.15) is 0 Å². The van der Waals surface area contributed by atoms with Crippen LogP contribution in [0, 0.1) is 6.92 Å². The van der Waals surface area contributed by atoms with Crippen molar-refractivity contribution in [1.82, 2.24) is 9.78 Å². The topological polar surface area (TPSA) is 46.9 Å². The highest BCUT2D eigenvalue weighted by Crippen LogP contribution is 2.32. The number of carbonyl (C=O) groups excluding carboxylic acids is 1. The van der Waals surface area contributed by atoms with Crippen LogP contribution in [0.2, 0.25) is 5.02 Å². The molecule has 1 aliphatic rings. The number of nitrogens with zero attached hydrogens (tertiary/aromatic N) is 2. The van der Waals surface area contributed by atoms with Crippen LogP contribution in [0.3, 0.4) is 0 Å². The molecule has 0 saturated heterocycles. The average Bonchev–Trinajstić information content (AvgIpc) is 2.98. The molecule has 25 heavy (non-hydrogen) atoms. The van der Waals surface area contributed by atoms with Crippen molar-refractivity contribution in [3.8, 4) is 5.69 Å². The zero-order chi connectivity index (χ0) is 17.4. The predicted octanol–water partition coefficient (Wildman–Crippen LogP) is 5.10. The molecule has 1 aliphatic carbocycles. The Hall–Kier alpha value is -2.59. The minimum absolute atomic E-state index is 0.151. The molecule has 0 fully saturated rings. The molecular weight excluding hydrogens is 334 g/mol. The maximum Gasteiger partial charge on any atom is 0.168 e. The maximum atomic E-state index is 12.6. The lowest BCUT2D eigenvalue weighted by molar-refractivity contribution is 0.0973. The van der Waals surface area contributed by atoms with Crippen LogP contribution in [0.25, 0.3) is 5.69 Å². The number of benzene rings is 2. The number of nitrogens with one attached hydrogen (secondary N) is 1. The molecule has 0 spiro atoms. The number of carbonyl (C=O) groups is 1. The second kappa shape index (κ2) is 6.37. The molecule has 5 heteroatoms. The van der Waals surface area contributed by atoms with E-state index in [1.807, 2.05) is 60.1 Å². The number of hydrogen-bond donors (Lipinski definition) is 1. The number of ketones is 1. The van der Waals surface area contributed by atoms with Crippen LogP contribution in [-0.4, -0.2) is 15.6 Å². The van der Waals surface area contributed by atoms with Gasteiger partial charge in [-0.1, -0.05) is 29.8 Å². The molecule has 0 unspecified atom stereocenters. The molecule has 1 heterocycles. The van der Waals surface area contributed by atoms with Gasteiger partial charge in [-0.25, -0.2) is 4.68 Å². The van der Waals surface area contributed by atoms with Gasteiger partial charge in [0.1, 0.15) is 0 Å². The number of rotatable bonds is 3. The smallest absolute Gasteiger partial charge is 0.168 e. The van der Waals surface area contributed by atoms with E-state index in [2.05, 4.69) is 5.32 Å². The molecule has 3 aromatic rings. The van der Waals surface area contributed by atoms with E-state index in [0.717, 1.165) is 35.5 Å². The summed E-state index contributed by atoms with van der Waals surface area (Å²) in [6.45, 7) is 2.03. The summed E-state index contributed by atoms with van der Waals surface area (Å²) >= 11 is 6.00. The minimum Gasteiger partial charge on any atom is -0.338 e. The van der Waals surface area contributed by atoms with E-state index >= 15 is 0 Å². The molecule has 0 atom stereocenters. The number of fused-ring (bicyclic) bond motifs is 1. The standard InChI is InChI=1S/C20H18ClN3O/c1-13-5-2-3-6-16(13)22-20-19-17(7-4-8-18(19)25)24(23-20)15-11-9-14(21)10-12-15/h2-3,5-6,9-12H,4,7-8H2,1H3,(H,22,23). The Kier molecular flexibility index (Phi) is 4.06. The monoisotopic (exact) mass is 351 g/mol. The van der Waals surface area contributed by atoms with E-state index in [-0.39, 0.29) is 5.78 Å². The molecule has 0 bridgehead atoms. The summed E-state index contributed by atoms with van der Waals surface area (Å²) in [4.78, 5) is 12.6. The van der Waals surface area contributed by atoms with Crippen LogP contribution in [0.4, 0.5) is 11.5 Å². The third kappa shape index (κ3) is 2.94. The highest BCUT2D eigenvalue weighted by Gasteiger charge is 2.27. The molecule has 4 nitrogen and oxygen atoms in total. The van der Waals surface area contributed by atoms with E-state index in [1.165, 1.54) is 0 Å². The van der Waals surface area contributed by atoms with Crippen molar-refractivity contribution < 1.29 is 4.79 Å². The first-order chi connectivity index (χ1) is 12.1. The molecule has 1 aromatic heterocycles. The van der Waals surface area contributed by atoms with Gasteiger partial charge in [0, 0.05) is 17.1 Å². The number of anilines is 2. The molecular formula is C20H18ClN3O. The summed E-state index contributed by atoms with van der Waals surface area (Å²) < 4.78 is 1.86. The van der Waals surface area contributed by atoms with E-state index in [9.17, 15) is 4.79 Å². The van der Waals surface area contributed by atoms with Crippen molar-refractivity contribution >= 4 is 28.9 Å². The summed E-state index contributed by atoms with van der Waals surface area (Å²) in [5.41, 5.74) is 4.66. The molecule has 0 saturated carbocycles. The first-order valence-electron chi connectivity index (χ1n) is 8.37. The first kappa shape index (κ1) is 15.9. The summed E-state index contributed by atoms with van der Waals surface area (Å²) in [6, 6.07) is 15.5. The van der Waals surface area contributed by atoms with Crippen LogP contribution >= 0.6 is 11.6 Å². The molecule has 0 amide bonds. The molecule has 2 aromatic carbocycles. The number of aromatic nitrogens is 2. The predicted molar refractivity (Wildman–Crippen MR) is 100 cm³/mol. The van der Waals surface area contributed by atoms with Gasteiger partial charge in [0.05, 0.1) is 16.9 Å². The zero-order valence-electron chi connectivity index (χ0n) is 13.9. The van der Waals surface area contributed by atoms with Crippen LogP contribution in [0.5, 0.6) is 0 Å². The average molecular weight is 352 g/mol. The molecule has 1 N–H and O–H groups in total. The third-order valence-electron chi connectivity index (χ3n) is 4.55. The van der Waals surface area contributed by atoms with Crippen LogP contribution in [0.1, 0.15) is 34.5 Å². The Bertz CT molecular complexity index is 944. The van der Waals surface area contributed by atoms with Gasteiger partial charge in [0.2, 0.25) is 0 Å². The van der Waals surface area contributed by atoms with Crippen molar-refractivity contribution in [3.63, 3.8) is 0 Å². The highest BCUT2D eigenvalue weighted by atomic mass is 35.5. The van der Waals surface area contributed by atoms with Gasteiger partial charge >= 0.3 is 0 Å². The largest absolute Gasteiger partial charge is 0.338 e. The van der Waals surface area contributed by atoms with Crippen molar-refractivity contribution in [3.05, 3.63) is 70.4 Å². The van der Waals surface area contributed by atoms with Gasteiger partial charge < -0.3 is 5.32 Å². The zero-order valence-corrected chi connectivity index (χ0v) is 14.7. The van der Waals surface area contributed by atoms with Crippen molar-refractivity contribution in [2.45, 2.75) is 26.2 Å². The second-order valence-electron chi connectivity index (χ2n) is 6.28. The lowest BCUT2D eigenvalue weighted by Crippen LogP contribution is -2.13. The van der Waals surface area contributed by atoms with Gasteiger partial charge in [-0.15, -0.1) is 5.10 Å². The lowest BCUT2D eigenvalue weighted by atomic mass is 9.95. The van der Waals surface area contributed by atoms with Crippen molar-refractivity contribution in [1.29, 1.82) is 0 Å². The Morgan fingerprint density at radius 2 is 1.84 bits per heavy atom. The fraction of sp³-hybridized carbons (Fsp3) is 0.200. The van der Waals surface area contributed by atoms with Gasteiger partial charge in [0.15, 0.2) is 11.6 Å². The quantitative estimate of drug-likeness (QED) is 0.714. The third-order valence-corrected chi connectivity index (χ3v) is 4.80. The lowest BCUT2D eigenvalue weighted by Gasteiger charge is -2.14. The van der Waals surface area contributed by atoms with Crippen LogP contribution in [0.15, 0.2) is 48.5 Å². The highest BCUT2D eigenvalue weighted by molar-refractivity contribution is 6.30. The van der Waals surface area contributed by atoms with E-state index in [0.29, 0.717) is 22.8 Å². The Morgan fingerprint density at radius 3 is 2.60 bits per heavy atom. The number of halogens is 1. The SMILES string of the molecule is Cc1ccccc1Nc1nn(-c2ccc(Cl)cc2)c2c1C(=O)CCC2. The van der Waals surface area contributed by atoms with Crippen LogP contribution in [-0.2, 0) is 6.42 Å². The second-order valence-corrected chi connectivity index (χ2v) is 6.71. The molecule has 0 radical (unpaired) electrons. The number of Topliss-reactive ketones (excluding diaryl/α,β-unsaturated/α-hetero) is 1. The normalized spacial score (nSPS) is 13.6. The number of hydrogen-bond acceptors (Lipinski definition) is 3. The Morgan fingerprint density at radius 1 is 1.08 bits per heavy atom. The van der Waals surface area contributed by atoms with Gasteiger partial charge in [0.25, 0.3) is 0 Å². The number of aryl methyl sites for hydroxylation is 1. The fourth-order valence-corrected chi connectivity index (χ4v) is 3.37. The fourth-order valence-electron chi connectivity index (χ4n) is 3.24. The summed E-state index contributed by atoms with van der Waals surface area (Å²) in [6.07, 6.45) is 2.27. The van der Waals surface area contributed by atoms with Gasteiger partial charge in [-0.05, 0) is 55.7 Å². The first-order valence-corrected chi connectivity index (χ1v) is 8.75. The summed E-state index contributed by atoms with van der Waals surface area (Å²) in [7, 11) is 0. The Labute approximate surface area is 151 Å².